The fourth-order valence-corrected chi connectivity index (χ4v) is 2.61. The number of pyridine rings is 1. The highest BCUT2D eigenvalue weighted by Gasteiger charge is 2.19. The molecule has 1 aromatic heterocycles. The van der Waals surface area contributed by atoms with Crippen molar-refractivity contribution in [2.45, 2.75) is 52.2 Å². The Bertz CT molecular complexity index is 554. The molecule has 5 nitrogen and oxygen atoms in total. The molecule has 0 atom stereocenters. The third-order valence-electron chi connectivity index (χ3n) is 4.05. The molecule has 1 aromatic rings. The van der Waals surface area contributed by atoms with Crippen LogP contribution in [0.4, 0.5) is 0 Å². The average Bonchev–Trinajstić information content (AvgIpc) is 2.53. The summed E-state index contributed by atoms with van der Waals surface area (Å²) < 4.78 is 6.01. The zero-order valence-corrected chi connectivity index (χ0v) is 17.0. The van der Waals surface area contributed by atoms with Gasteiger partial charge >= 0.3 is 0 Å². The van der Waals surface area contributed by atoms with Crippen LogP contribution in [-0.4, -0.2) is 23.6 Å². The molecule has 2 rings (SSSR count). The van der Waals surface area contributed by atoms with Gasteiger partial charge in [-0.05, 0) is 50.2 Å². The van der Waals surface area contributed by atoms with E-state index in [1.807, 2.05) is 19.1 Å². The molecule has 6 heteroatoms. The van der Waals surface area contributed by atoms with Crippen LogP contribution < -0.4 is 15.8 Å². The Morgan fingerprint density at radius 1 is 1.42 bits per heavy atom. The highest BCUT2D eigenvalue weighted by Crippen LogP contribution is 2.26. The first-order valence-electron chi connectivity index (χ1n) is 8.32. The van der Waals surface area contributed by atoms with Crippen LogP contribution in [-0.2, 0) is 6.54 Å². The number of halogens is 1. The second-order valence-corrected chi connectivity index (χ2v) is 6.51. The Labute approximate surface area is 162 Å². The van der Waals surface area contributed by atoms with Crippen LogP contribution in [0.2, 0.25) is 0 Å². The minimum atomic E-state index is 0. The molecule has 0 unspecified atom stereocenters. The zero-order valence-electron chi connectivity index (χ0n) is 14.6. The van der Waals surface area contributed by atoms with Gasteiger partial charge in [-0.15, -0.1) is 24.0 Å². The van der Waals surface area contributed by atoms with Crippen LogP contribution in [0.15, 0.2) is 35.5 Å². The summed E-state index contributed by atoms with van der Waals surface area (Å²) in [6.07, 6.45) is 6.76. The monoisotopic (exact) mass is 444 g/mol. The fourth-order valence-electron chi connectivity index (χ4n) is 2.61. The minimum absolute atomic E-state index is 0. The van der Waals surface area contributed by atoms with E-state index in [4.69, 9.17) is 10.5 Å². The van der Waals surface area contributed by atoms with E-state index in [1.54, 1.807) is 6.20 Å². The molecule has 0 aromatic carbocycles. The largest absolute Gasteiger partial charge is 0.474 e. The van der Waals surface area contributed by atoms with Crippen molar-refractivity contribution < 1.29 is 4.74 Å². The molecule has 1 saturated carbocycles. The maximum absolute atomic E-state index is 6.01. The van der Waals surface area contributed by atoms with E-state index >= 15 is 0 Å². The normalized spacial score (nSPS) is 20.8. The average molecular weight is 444 g/mol. The van der Waals surface area contributed by atoms with Gasteiger partial charge in [0.1, 0.15) is 6.10 Å². The van der Waals surface area contributed by atoms with E-state index in [0.29, 0.717) is 31.0 Å². The second kappa shape index (κ2) is 10.5. The second-order valence-electron chi connectivity index (χ2n) is 6.51. The lowest BCUT2D eigenvalue weighted by Crippen LogP contribution is -2.32. The van der Waals surface area contributed by atoms with Crippen LogP contribution in [0.25, 0.3) is 0 Å². The van der Waals surface area contributed by atoms with Crippen molar-refractivity contribution in [1.82, 2.24) is 10.3 Å². The lowest BCUT2D eigenvalue weighted by Gasteiger charge is -2.26. The summed E-state index contributed by atoms with van der Waals surface area (Å²) >= 11 is 0. The molecule has 1 aliphatic carbocycles. The number of hydrogen-bond acceptors (Lipinski definition) is 3. The first kappa shape index (κ1) is 20.7. The number of nitrogens with one attached hydrogen (secondary N) is 1. The number of nitrogens with zero attached hydrogens (tertiary/aromatic N) is 2. The number of aliphatic imine (C=N–C) groups is 1. The van der Waals surface area contributed by atoms with Gasteiger partial charge in [0.05, 0.1) is 6.54 Å². The SMILES string of the molecule is C=C(C)CNC(N)=NCc1ccnc(OC2CCC(C)CC2)c1.I. The molecular formula is C18H29IN4O. The van der Waals surface area contributed by atoms with Gasteiger partial charge in [-0.1, -0.05) is 19.1 Å². The molecule has 0 radical (unpaired) electrons. The van der Waals surface area contributed by atoms with Crippen LogP contribution in [0.3, 0.4) is 0 Å². The standard InChI is InChI=1S/C18H28N4O.HI/c1-13(2)11-21-18(19)22-12-15-8-9-20-17(10-15)23-16-6-4-14(3)5-7-16;/h8-10,14,16H,1,4-7,11-12H2,2-3H3,(H3,19,21,22);1H. The van der Waals surface area contributed by atoms with E-state index in [1.165, 1.54) is 12.8 Å². The van der Waals surface area contributed by atoms with E-state index in [9.17, 15) is 0 Å². The molecule has 1 fully saturated rings. The Hall–Kier alpha value is -1.31. The highest BCUT2D eigenvalue weighted by molar-refractivity contribution is 14.0. The Balaban J connectivity index is 0.00000288. The predicted molar refractivity (Wildman–Crippen MR) is 110 cm³/mol. The molecule has 24 heavy (non-hydrogen) atoms. The predicted octanol–water partition coefficient (Wildman–Crippen LogP) is 3.64. The fraction of sp³-hybridized carbons (Fsp3) is 0.556. The van der Waals surface area contributed by atoms with Gasteiger partial charge in [0.2, 0.25) is 5.88 Å². The van der Waals surface area contributed by atoms with Crippen molar-refractivity contribution in [1.29, 1.82) is 0 Å². The van der Waals surface area contributed by atoms with Crippen molar-refractivity contribution in [3.05, 3.63) is 36.0 Å². The number of rotatable bonds is 6. The molecule has 3 N–H and O–H groups in total. The number of guanidine groups is 1. The van der Waals surface area contributed by atoms with Gasteiger partial charge < -0.3 is 15.8 Å². The van der Waals surface area contributed by atoms with E-state index in [2.05, 4.69) is 28.8 Å². The highest BCUT2D eigenvalue weighted by atomic mass is 127. The van der Waals surface area contributed by atoms with E-state index in [0.717, 1.165) is 29.9 Å². The summed E-state index contributed by atoms with van der Waals surface area (Å²) in [6.45, 7) is 9.22. The summed E-state index contributed by atoms with van der Waals surface area (Å²) in [5.74, 6) is 1.93. The maximum atomic E-state index is 6.01. The van der Waals surface area contributed by atoms with Gasteiger partial charge in [0.25, 0.3) is 0 Å². The molecular weight excluding hydrogens is 415 g/mol. The van der Waals surface area contributed by atoms with Gasteiger partial charge in [0, 0.05) is 18.8 Å². The van der Waals surface area contributed by atoms with Gasteiger partial charge in [0.15, 0.2) is 5.96 Å². The van der Waals surface area contributed by atoms with Crippen LogP contribution in [0.1, 0.15) is 45.1 Å². The Morgan fingerprint density at radius 2 is 2.12 bits per heavy atom. The van der Waals surface area contributed by atoms with Crippen LogP contribution in [0.5, 0.6) is 5.88 Å². The van der Waals surface area contributed by atoms with E-state index < -0.39 is 0 Å². The first-order valence-corrected chi connectivity index (χ1v) is 8.32. The molecule has 0 aliphatic heterocycles. The van der Waals surface area contributed by atoms with Crippen molar-refractivity contribution >= 4 is 29.9 Å². The first-order chi connectivity index (χ1) is 11.0. The molecule has 134 valence electrons. The molecule has 0 spiro atoms. The smallest absolute Gasteiger partial charge is 0.213 e. The van der Waals surface area contributed by atoms with E-state index in [-0.39, 0.29) is 24.0 Å². The van der Waals surface area contributed by atoms with Crippen molar-refractivity contribution in [2.75, 3.05) is 6.54 Å². The van der Waals surface area contributed by atoms with Crippen LogP contribution in [0, 0.1) is 5.92 Å². The summed E-state index contributed by atoms with van der Waals surface area (Å²) in [6, 6.07) is 3.89. The topological polar surface area (TPSA) is 72.5 Å². The molecule has 1 heterocycles. The summed E-state index contributed by atoms with van der Waals surface area (Å²) in [5, 5.41) is 3.02. The lowest BCUT2D eigenvalue weighted by molar-refractivity contribution is 0.130. The minimum Gasteiger partial charge on any atom is -0.474 e. The molecule has 0 bridgehead atoms. The third-order valence-corrected chi connectivity index (χ3v) is 4.05. The Kier molecular flexibility index (Phi) is 9.10. The maximum Gasteiger partial charge on any atom is 0.213 e. The van der Waals surface area contributed by atoms with Gasteiger partial charge in [-0.25, -0.2) is 9.98 Å². The molecule has 0 amide bonds. The zero-order chi connectivity index (χ0) is 16.7. The quantitative estimate of drug-likeness (QED) is 0.304. The summed E-state index contributed by atoms with van der Waals surface area (Å²) in [4.78, 5) is 8.63. The number of ether oxygens (including phenoxy) is 1. The molecule has 0 saturated heterocycles. The van der Waals surface area contributed by atoms with Crippen LogP contribution >= 0.6 is 24.0 Å². The van der Waals surface area contributed by atoms with Crippen molar-refractivity contribution in [3.63, 3.8) is 0 Å². The van der Waals surface area contributed by atoms with Crippen molar-refractivity contribution in [2.24, 2.45) is 16.6 Å². The van der Waals surface area contributed by atoms with Crippen molar-refractivity contribution in [3.8, 4) is 5.88 Å². The lowest BCUT2D eigenvalue weighted by atomic mass is 9.89. The number of aromatic nitrogens is 1. The summed E-state index contributed by atoms with van der Waals surface area (Å²) in [7, 11) is 0. The van der Waals surface area contributed by atoms with Gasteiger partial charge in [-0.3, -0.25) is 0 Å². The van der Waals surface area contributed by atoms with Gasteiger partial charge in [-0.2, -0.15) is 0 Å². The number of nitrogens with two attached hydrogens (primary N) is 1. The summed E-state index contributed by atoms with van der Waals surface area (Å²) in [5.41, 5.74) is 7.88. The number of hydrogen-bond donors (Lipinski definition) is 2. The Morgan fingerprint density at radius 3 is 2.79 bits per heavy atom. The third kappa shape index (κ3) is 7.51. The molecule has 1 aliphatic rings.